The summed E-state index contributed by atoms with van der Waals surface area (Å²) in [5, 5.41) is 14.3. The molecule has 1 aromatic carbocycles. The second-order valence-corrected chi connectivity index (χ2v) is 8.80. The summed E-state index contributed by atoms with van der Waals surface area (Å²) in [5.74, 6) is -0.529. The first kappa shape index (κ1) is 20.8. The van der Waals surface area contributed by atoms with Crippen LogP contribution in [0, 0.1) is 12.7 Å². The van der Waals surface area contributed by atoms with Gasteiger partial charge in [0.25, 0.3) is 5.91 Å². The molecule has 0 saturated carbocycles. The van der Waals surface area contributed by atoms with Crippen LogP contribution >= 0.6 is 0 Å². The quantitative estimate of drug-likeness (QED) is 0.436. The summed E-state index contributed by atoms with van der Waals surface area (Å²) in [5.41, 5.74) is 4.95. The molecule has 168 valence electrons. The number of benzene rings is 1. The van der Waals surface area contributed by atoms with Crippen molar-refractivity contribution in [1.82, 2.24) is 20.2 Å². The molecule has 0 bridgehead atoms. The Morgan fingerprint density at radius 2 is 2.06 bits per heavy atom. The van der Waals surface area contributed by atoms with E-state index in [-0.39, 0.29) is 17.3 Å². The van der Waals surface area contributed by atoms with E-state index in [1.54, 1.807) is 12.1 Å². The average molecular weight is 437 g/mol. The zero-order valence-corrected chi connectivity index (χ0v) is 18.4. The van der Waals surface area contributed by atoms with E-state index >= 15 is 0 Å². The molecule has 0 unspecified atom stereocenters. The van der Waals surface area contributed by atoms with Crippen LogP contribution in [0.2, 0.25) is 0 Å². The van der Waals surface area contributed by atoms with Gasteiger partial charge in [-0.3, -0.25) is 4.79 Å². The molecule has 3 heterocycles. The monoisotopic (exact) mass is 436 g/mol. The fraction of sp³-hybridized carbons (Fsp3) is 0.400. The van der Waals surface area contributed by atoms with Gasteiger partial charge in [0.15, 0.2) is 5.88 Å². The maximum absolute atomic E-state index is 14.2. The highest BCUT2D eigenvalue weighted by atomic mass is 19.1. The van der Waals surface area contributed by atoms with Gasteiger partial charge in [-0.2, -0.15) is 0 Å². The number of fused-ring (bicyclic) bond motifs is 2. The Hall–Kier alpha value is -3.06. The van der Waals surface area contributed by atoms with Crippen LogP contribution in [0.4, 0.5) is 4.39 Å². The molecular weight excluding hydrogens is 407 g/mol. The van der Waals surface area contributed by atoms with E-state index in [0.29, 0.717) is 23.1 Å². The van der Waals surface area contributed by atoms with E-state index in [1.165, 1.54) is 18.9 Å². The predicted octanol–water partition coefficient (Wildman–Crippen LogP) is 4.24. The maximum atomic E-state index is 14.2. The van der Waals surface area contributed by atoms with Crippen molar-refractivity contribution in [1.29, 1.82) is 0 Å². The first-order valence-corrected chi connectivity index (χ1v) is 11.5. The number of likely N-dealkylation sites (tertiary alicyclic amines) is 1. The first-order valence-electron chi connectivity index (χ1n) is 11.5. The molecule has 1 fully saturated rings. The number of hydrogen-bond donors (Lipinski definition) is 4. The van der Waals surface area contributed by atoms with E-state index in [2.05, 4.69) is 20.2 Å². The molecule has 0 atom stereocenters. The van der Waals surface area contributed by atoms with Crippen LogP contribution in [0.1, 0.15) is 58.6 Å². The Balaban J connectivity index is 1.40. The summed E-state index contributed by atoms with van der Waals surface area (Å²) in [4.78, 5) is 21.6. The van der Waals surface area contributed by atoms with Gasteiger partial charge in [-0.15, -0.1) is 0 Å². The Labute approximate surface area is 186 Å². The van der Waals surface area contributed by atoms with Crippen LogP contribution in [0.5, 0.6) is 5.88 Å². The van der Waals surface area contributed by atoms with Crippen molar-refractivity contribution >= 4 is 22.4 Å². The van der Waals surface area contributed by atoms with Gasteiger partial charge in [0.05, 0.1) is 22.3 Å². The molecule has 6 nitrogen and oxygen atoms in total. The summed E-state index contributed by atoms with van der Waals surface area (Å²) < 4.78 is 14.2. The smallest absolute Gasteiger partial charge is 0.253 e. The van der Waals surface area contributed by atoms with Crippen molar-refractivity contribution in [2.75, 3.05) is 26.2 Å². The highest BCUT2D eigenvalue weighted by molar-refractivity contribution is 6.03. The van der Waals surface area contributed by atoms with Crippen LogP contribution in [0.15, 0.2) is 24.3 Å². The molecule has 2 aliphatic rings. The minimum atomic E-state index is -0.405. The zero-order chi connectivity index (χ0) is 22.2. The number of nitrogens with zero attached hydrogens (tertiary/aromatic N) is 1. The first-order chi connectivity index (χ1) is 15.5. The fourth-order valence-electron chi connectivity index (χ4n) is 5.19. The van der Waals surface area contributed by atoms with Crippen molar-refractivity contribution in [3.8, 4) is 5.88 Å². The third-order valence-corrected chi connectivity index (χ3v) is 6.70. The van der Waals surface area contributed by atoms with Crippen molar-refractivity contribution in [2.24, 2.45) is 0 Å². The van der Waals surface area contributed by atoms with Crippen molar-refractivity contribution in [3.63, 3.8) is 0 Å². The Morgan fingerprint density at radius 1 is 1.25 bits per heavy atom. The van der Waals surface area contributed by atoms with Gasteiger partial charge in [0.2, 0.25) is 0 Å². The second-order valence-electron chi connectivity index (χ2n) is 8.80. The second kappa shape index (κ2) is 8.47. The molecule has 3 aromatic rings. The van der Waals surface area contributed by atoms with E-state index in [9.17, 15) is 14.3 Å². The van der Waals surface area contributed by atoms with E-state index < -0.39 is 5.82 Å². The number of amides is 1. The van der Waals surface area contributed by atoms with Crippen LogP contribution in [0.25, 0.3) is 16.5 Å². The number of H-pyrrole nitrogens is 2. The molecule has 2 aromatic heterocycles. The van der Waals surface area contributed by atoms with Crippen LogP contribution in [-0.2, 0) is 6.42 Å². The fourth-order valence-corrected chi connectivity index (χ4v) is 5.19. The number of rotatable bonds is 6. The highest BCUT2D eigenvalue weighted by Gasteiger charge is 2.28. The minimum Gasteiger partial charge on any atom is -0.494 e. The summed E-state index contributed by atoms with van der Waals surface area (Å²) in [6.07, 6.45) is 7.03. The number of aryl methyl sites for hydroxylation is 1. The van der Waals surface area contributed by atoms with Crippen molar-refractivity contribution in [2.45, 2.75) is 39.0 Å². The largest absolute Gasteiger partial charge is 0.494 e. The summed E-state index contributed by atoms with van der Waals surface area (Å²) in [6, 6.07) is 4.80. The van der Waals surface area contributed by atoms with Crippen LogP contribution in [-0.4, -0.2) is 52.1 Å². The molecule has 1 amide bonds. The molecule has 0 radical (unpaired) electrons. The predicted molar refractivity (Wildman–Crippen MR) is 123 cm³/mol. The Kier molecular flexibility index (Phi) is 5.51. The highest BCUT2D eigenvalue weighted by Crippen LogP contribution is 2.41. The minimum absolute atomic E-state index is 0.0585. The lowest BCUT2D eigenvalue weighted by molar-refractivity contribution is 0.0950. The number of carbonyl (C=O) groups is 1. The van der Waals surface area contributed by atoms with Gasteiger partial charge in [0.1, 0.15) is 5.82 Å². The van der Waals surface area contributed by atoms with Gasteiger partial charge < -0.3 is 25.3 Å². The zero-order valence-electron chi connectivity index (χ0n) is 18.4. The topological polar surface area (TPSA) is 84.2 Å². The number of para-hydroxylation sites is 1. The molecule has 32 heavy (non-hydrogen) atoms. The number of aromatic nitrogens is 2. The maximum Gasteiger partial charge on any atom is 0.253 e. The van der Waals surface area contributed by atoms with E-state index in [0.717, 1.165) is 61.4 Å². The lowest BCUT2D eigenvalue weighted by Gasteiger charge is -2.16. The molecule has 1 aliphatic carbocycles. The molecular formula is C25H29FN4O2. The number of halogens is 1. The molecule has 5 rings (SSSR count). The van der Waals surface area contributed by atoms with Crippen LogP contribution < -0.4 is 5.32 Å². The number of hydrogen-bond acceptors (Lipinski definition) is 3. The van der Waals surface area contributed by atoms with Gasteiger partial charge in [-0.1, -0.05) is 18.2 Å². The summed E-state index contributed by atoms with van der Waals surface area (Å²) in [6.45, 7) is 5.91. The lowest BCUT2D eigenvalue weighted by atomic mass is 9.89. The standard InChI is InChI=1S/C25H29FN4O2/c1-15-20(24(31)27-11-6-14-30-12-2-3-13-30)16-7-4-8-17(22(16)28-15)21-18-9-5-10-19(26)23(18)29-25(21)32/h5,8-10,28-29,32H,2-4,6-7,11-14H2,1H3,(H,27,31). The Morgan fingerprint density at radius 3 is 2.88 bits per heavy atom. The third kappa shape index (κ3) is 3.60. The Bertz CT molecular complexity index is 1200. The molecule has 7 heteroatoms. The van der Waals surface area contributed by atoms with E-state index in [1.807, 2.05) is 13.0 Å². The van der Waals surface area contributed by atoms with Crippen molar-refractivity contribution in [3.05, 3.63) is 58.2 Å². The van der Waals surface area contributed by atoms with E-state index in [4.69, 9.17) is 0 Å². The number of nitrogens with one attached hydrogen (secondary N) is 3. The van der Waals surface area contributed by atoms with Gasteiger partial charge in [-0.05, 0) is 70.3 Å². The molecule has 1 aliphatic heterocycles. The number of aromatic hydroxyl groups is 1. The molecule has 1 saturated heterocycles. The number of allylic oxidation sites excluding steroid dienone is 1. The molecule has 0 spiro atoms. The number of aromatic amines is 2. The normalized spacial score (nSPS) is 16.4. The summed E-state index contributed by atoms with van der Waals surface area (Å²) >= 11 is 0. The van der Waals surface area contributed by atoms with Crippen molar-refractivity contribution < 1.29 is 14.3 Å². The van der Waals surface area contributed by atoms with Gasteiger partial charge in [-0.25, -0.2) is 4.39 Å². The van der Waals surface area contributed by atoms with Gasteiger partial charge >= 0.3 is 0 Å². The summed E-state index contributed by atoms with van der Waals surface area (Å²) in [7, 11) is 0. The molecule has 4 N–H and O–H groups in total. The number of carbonyl (C=O) groups excluding carboxylic acids is 1. The lowest BCUT2D eigenvalue weighted by Crippen LogP contribution is -2.29. The SMILES string of the molecule is Cc1[nH]c2c(c1C(=O)NCCCN1CCCC1)CCC=C2c1c(O)[nH]c2c(F)cccc12. The van der Waals surface area contributed by atoms with Crippen LogP contribution in [0.3, 0.4) is 0 Å². The van der Waals surface area contributed by atoms with Gasteiger partial charge in [0, 0.05) is 23.2 Å². The third-order valence-electron chi connectivity index (χ3n) is 6.70. The average Bonchev–Trinajstić information content (AvgIpc) is 3.48.